The molecule has 0 saturated heterocycles. The fraction of sp³-hybridized carbons (Fsp3) is 0.226. The van der Waals surface area contributed by atoms with E-state index in [1.807, 2.05) is 31.2 Å². The highest BCUT2D eigenvalue weighted by atomic mass is 32.2. The highest BCUT2D eigenvalue weighted by Crippen LogP contribution is 2.39. The van der Waals surface area contributed by atoms with Gasteiger partial charge in [-0.25, -0.2) is 0 Å². The molecular weight excluding hydrogens is 564 g/mol. The Balaban J connectivity index is 1.71. The van der Waals surface area contributed by atoms with E-state index in [1.54, 1.807) is 30.3 Å². The van der Waals surface area contributed by atoms with Crippen molar-refractivity contribution in [3.63, 3.8) is 0 Å². The van der Waals surface area contributed by atoms with Crippen LogP contribution >= 0.6 is 11.8 Å². The first-order valence-corrected chi connectivity index (χ1v) is 13.5. The fourth-order valence-corrected chi connectivity index (χ4v) is 4.97. The van der Waals surface area contributed by atoms with Gasteiger partial charge in [0.1, 0.15) is 11.5 Å². The Morgan fingerprint density at radius 3 is 1.98 bits per heavy atom. The predicted octanol–water partition coefficient (Wildman–Crippen LogP) is 9.08. The normalized spacial score (nSPS) is 13.6. The van der Waals surface area contributed by atoms with E-state index < -0.39 is 35.9 Å². The number of ether oxygens (including phenoxy) is 1. The van der Waals surface area contributed by atoms with Crippen molar-refractivity contribution in [2.45, 2.75) is 42.0 Å². The first-order chi connectivity index (χ1) is 19.4. The lowest BCUT2D eigenvalue weighted by atomic mass is 9.96. The standard InChI is InChI=1S/C31H27F6NO2S/c1-2-20-6-3-9-25(16-20)40-26-10-4-7-22(17-26)29(23-8-5-11-27(18-23)41-31(35,36)37)38-28(19-39)21-12-14-24(15-13-21)30(32,33)34/h3-18,28-29,38-39H,2,19H2,1H3. The molecule has 0 bridgehead atoms. The Labute approximate surface area is 238 Å². The number of halogens is 6. The average molecular weight is 592 g/mol. The van der Waals surface area contributed by atoms with Crippen molar-refractivity contribution in [3.8, 4) is 11.5 Å². The molecular formula is C31H27F6NO2S. The van der Waals surface area contributed by atoms with Gasteiger partial charge in [0.05, 0.1) is 24.3 Å². The van der Waals surface area contributed by atoms with E-state index in [9.17, 15) is 31.4 Å². The SMILES string of the molecule is CCc1cccc(Oc2cccc(C(NC(CO)c3ccc(C(F)(F)F)cc3)c3cccc(SC(F)(F)F)c3)c2)c1. The van der Waals surface area contributed by atoms with Crippen LogP contribution in [0.2, 0.25) is 0 Å². The molecule has 0 aromatic heterocycles. The summed E-state index contributed by atoms with van der Waals surface area (Å²) in [6, 6.07) is 23.3. The number of aliphatic hydroxyl groups excluding tert-OH is 1. The number of benzene rings is 4. The molecule has 2 N–H and O–H groups in total. The second-order valence-electron chi connectivity index (χ2n) is 9.25. The van der Waals surface area contributed by atoms with Crippen LogP contribution in [-0.4, -0.2) is 17.2 Å². The van der Waals surface area contributed by atoms with Crippen LogP contribution in [0.5, 0.6) is 11.5 Å². The smallest absolute Gasteiger partial charge is 0.446 e. The molecule has 0 aliphatic carbocycles. The summed E-state index contributed by atoms with van der Waals surface area (Å²) in [6.07, 6.45) is -3.70. The first kappa shape index (κ1) is 30.5. The molecule has 0 spiro atoms. The zero-order valence-corrected chi connectivity index (χ0v) is 22.7. The maximum Gasteiger partial charge on any atom is 0.446 e. The summed E-state index contributed by atoms with van der Waals surface area (Å²) in [4.78, 5) is -0.0272. The van der Waals surface area contributed by atoms with Crippen LogP contribution in [0.25, 0.3) is 0 Å². The lowest BCUT2D eigenvalue weighted by Crippen LogP contribution is -2.30. The van der Waals surface area contributed by atoms with Gasteiger partial charge in [-0.3, -0.25) is 5.32 Å². The molecule has 0 aliphatic heterocycles. The van der Waals surface area contributed by atoms with E-state index in [1.165, 1.54) is 30.3 Å². The zero-order valence-electron chi connectivity index (χ0n) is 21.8. The molecule has 0 radical (unpaired) electrons. The maximum atomic E-state index is 13.1. The number of aryl methyl sites for hydroxylation is 1. The summed E-state index contributed by atoms with van der Waals surface area (Å²) in [7, 11) is 0. The van der Waals surface area contributed by atoms with Gasteiger partial charge in [-0.05, 0) is 89.0 Å². The lowest BCUT2D eigenvalue weighted by Gasteiger charge is -2.27. The highest BCUT2D eigenvalue weighted by molar-refractivity contribution is 8.00. The number of alkyl halides is 6. The minimum Gasteiger partial charge on any atom is -0.457 e. The number of hydrogen-bond donors (Lipinski definition) is 2. The molecule has 41 heavy (non-hydrogen) atoms. The van der Waals surface area contributed by atoms with Gasteiger partial charge < -0.3 is 9.84 Å². The second kappa shape index (κ2) is 13.0. The molecule has 2 atom stereocenters. The highest BCUT2D eigenvalue weighted by Gasteiger charge is 2.31. The van der Waals surface area contributed by atoms with Crippen LogP contribution in [0.4, 0.5) is 26.3 Å². The van der Waals surface area contributed by atoms with E-state index in [-0.39, 0.29) is 16.7 Å². The predicted molar refractivity (Wildman–Crippen MR) is 147 cm³/mol. The summed E-state index contributed by atoms with van der Waals surface area (Å²) in [6.45, 7) is 1.55. The van der Waals surface area contributed by atoms with E-state index >= 15 is 0 Å². The Bertz CT molecular complexity index is 1440. The van der Waals surface area contributed by atoms with E-state index in [2.05, 4.69) is 5.32 Å². The van der Waals surface area contributed by atoms with Gasteiger partial charge in [0.25, 0.3) is 0 Å². The van der Waals surface area contributed by atoms with Crippen LogP contribution in [0, 0.1) is 0 Å². The van der Waals surface area contributed by atoms with Crippen molar-refractivity contribution in [2.75, 3.05) is 6.61 Å². The summed E-state index contributed by atoms with van der Waals surface area (Å²) < 4.78 is 84.7. The zero-order chi connectivity index (χ0) is 29.6. The van der Waals surface area contributed by atoms with Crippen molar-refractivity contribution in [1.82, 2.24) is 5.32 Å². The second-order valence-corrected chi connectivity index (χ2v) is 10.4. The molecule has 3 nitrogen and oxygen atoms in total. The van der Waals surface area contributed by atoms with Gasteiger partial charge in [0, 0.05) is 4.90 Å². The molecule has 0 heterocycles. The molecule has 2 unspecified atom stereocenters. The van der Waals surface area contributed by atoms with Crippen LogP contribution in [0.1, 0.15) is 46.8 Å². The molecule has 4 aromatic rings. The van der Waals surface area contributed by atoms with Crippen molar-refractivity contribution < 1.29 is 36.2 Å². The Hall–Kier alpha value is -3.47. The summed E-state index contributed by atoms with van der Waals surface area (Å²) >= 11 is -0.248. The topological polar surface area (TPSA) is 41.5 Å². The van der Waals surface area contributed by atoms with Gasteiger partial charge in [-0.1, -0.05) is 55.5 Å². The number of hydrogen-bond acceptors (Lipinski definition) is 4. The minimum atomic E-state index is -4.52. The number of nitrogens with one attached hydrogen (secondary N) is 1. The number of rotatable bonds is 10. The molecule has 216 valence electrons. The largest absolute Gasteiger partial charge is 0.457 e. The van der Waals surface area contributed by atoms with E-state index in [4.69, 9.17) is 4.74 Å². The van der Waals surface area contributed by atoms with E-state index in [0.29, 0.717) is 28.2 Å². The maximum absolute atomic E-state index is 13.1. The molecule has 0 amide bonds. The third-order valence-electron chi connectivity index (χ3n) is 6.35. The van der Waals surface area contributed by atoms with Crippen molar-refractivity contribution in [3.05, 3.63) is 125 Å². The molecule has 0 saturated carbocycles. The quantitative estimate of drug-likeness (QED) is 0.143. The molecule has 4 aromatic carbocycles. The summed E-state index contributed by atoms with van der Waals surface area (Å²) in [5.74, 6) is 1.10. The first-order valence-electron chi connectivity index (χ1n) is 12.7. The Morgan fingerprint density at radius 2 is 1.37 bits per heavy atom. The minimum absolute atomic E-state index is 0.0272. The lowest BCUT2D eigenvalue weighted by molar-refractivity contribution is -0.137. The van der Waals surface area contributed by atoms with Crippen LogP contribution in [0.15, 0.2) is 102 Å². The summed E-state index contributed by atoms with van der Waals surface area (Å²) in [5, 5.41) is 13.4. The number of thioether (sulfide) groups is 1. The van der Waals surface area contributed by atoms with Gasteiger partial charge >= 0.3 is 11.7 Å². The molecule has 10 heteroatoms. The summed E-state index contributed by atoms with van der Waals surface area (Å²) in [5.41, 5.74) is -2.77. The number of aliphatic hydroxyl groups is 1. The van der Waals surface area contributed by atoms with Crippen LogP contribution in [-0.2, 0) is 12.6 Å². The van der Waals surface area contributed by atoms with Crippen molar-refractivity contribution in [1.29, 1.82) is 0 Å². The van der Waals surface area contributed by atoms with Gasteiger partial charge in [-0.2, -0.15) is 26.3 Å². The van der Waals surface area contributed by atoms with Crippen molar-refractivity contribution in [2.24, 2.45) is 0 Å². The monoisotopic (exact) mass is 591 g/mol. The van der Waals surface area contributed by atoms with Crippen LogP contribution in [0.3, 0.4) is 0 Å². The molecule has 4 rings (SSSR count). The Kier molecular flexibility index (Phi) is 9.68. The Morgan fingerprint density at radius 1 is 0.756 bits per heavy atom. The van der Waals surface area contributed by atoms with Gasteiger partial charge in [0.2, 0.25) is 0 Å². The molecule has 0 fully saturated rings. The van der Waals surface area contributed by atoms with Crippen LogP contribution < -0.4 is 10.1 Å². The third kappa shape index (κ3) is 8.51. The average Bonchev–Trinajstić information content (AvgIpc) is 2.93. The van der Waals surface area contributed by atoms with Crippen molar-refractivity contribution >= 4 is 11.8 Å². The van der Waals surface area contributed by atoms with E-state index in [0.717, 1.165) is 24.1 Å². The van der Waals surface area contributed by atoms with Gasteiger partial charge in [0.15, 0.2) is 0 Å². The fourth-order valence-electron chi connectivity index (χ4n) is 4.36. The molecule has 0 aliphatic rings. The van der Waals surface area contributed by atoms with Gasteiger partial charge in [-0.15, -0.1) is 0 Å². The third-order valence-corrected chi connectivity index (χ3v) is 7.07.